The molecular formula is C29H41N3O4S. The number of rotatable bonds is 11. The van der Waals surface area contributed by atoms with Gasteiger partial charge in [0.2, 0.25) is 21.8 Å². The van der Waals surface area contributed by atoms with Crippen LogP contribution in [0.25, 0.3) is 0 Å². The maximum atomic E-state index is 13.5. The normalized spacial score (nSPS) is 14.8. The standard InChI is InChI=1S/C29H41N3O4S/c1-21-16-17-27(19-23(21)3)32(37(5,35)36)18-10-15-28(33)31(20-25-12-7-6-11-22(25)2)24(4)29(34)30-26-13-8-9-14-26/h6-7,11-12,16-17,19,24,26H,8-10,13-15,18,20H2,1-5H3,(H,30,34)/t24-/m0/s1. The van der Waals surface area contributed by atoms with Gasteiger partial charge < -0.3 is 10.2 Å². The summed E-state index contributed by atoms with van der Waals surface area (Å²) in [5.74, 6) is -0.299. The molecule has 0 bridgehead atoms. The average molecular weight is 528 g/mol. The number of aryl methyl sites for hydroxylation is 3. The van der Waals surface area contributed by atoms with Crippen LogP contribution in [0.5, 0.6) is 0 Å². The molecule has 1 fully saturated rings. The highest BCUT2D eigenvalue weighted by molar-refractivity contribution is 7.92. The van der Waals surface area contributed by atoms with Crippen LogP contribution < -0.4 is 9.62 Å². The molecule has 0 aliphatic heterocycles. The first-order chi connectivity index (χ1) is 17.5. The third-order valence-electron chi connectivity index (χ3n) is 7.40. The Hall–Kier alpha value is -2.87. The predicted molar refractivity (Wildman–Crippen MR) is 149 cm³/mol. The molecule has 2 amide bonds. The number of anilines is 1. The van der Waals surface area contributed by atoms with Crippen LogP contribution in [-0.2, 0) is 26.2 Å². The van der Waals surface area contributed by atoms with Gasteiger partial charge in [-0.25, -0.2) is 8.42 Å². The summed E-state index contributed by atoms with van der Waals surface area (Å²) in [6.45, 7) is 8.22. The second-order valence-electron chi connectivity index (χ2n) is 10.3. The second kappa shape index (κ2) is 12.6. The minimum atomic E-state index is -3.52. The van der Waals surface area contributed by atoms with E-state index in [0.29, 0.717) is 18.7 Å². The molecule has 1 saturated carbocycles. The Kier molecular flexibility index (Phi) is 9.76. The summed E-state index contributed by atoms with van der Waals surface area (Å²) >= 11 is 0. The first kappa shape index (κ1) is 28.7. The monoisotopic (exact) mass is 527 g/mol. The van der Waals surface area contributed by atoms with Crippen molar-refractivity contribution in [2.45, 2.75) is 84.8 Å². The van der Waals surface area contributed by atoms with Gasteiger partial charge in [0.15, 0.2) is 0 Å². The Morgan fingerprint density at radius 2 is 1.68 bits per heavy atom. The van der Waals surface area contributed by atoms with E-state index in [-0.39, 0.29) is 30.8 Å². The molecule has 37 heavy (non-hydrogen) atoms. The maximum Gasteiger partial charge on any atom is 0.242 e. The van der Waals surface area contributed by atoms with Gasteiger partial charge in [0.25, 0.3) is 0 Å². The summed E-state index contributed by atoms with van der Waals surface area (Å²) in [6, 6.07) is 13.0. The van der Waals surface area contributed by atoms with Gasteiger partial charge in [-0.3, -0.25) is 13.9 Å². The molecule has 1 aliphatic carbocycles. The summed E-state index contributed by atoms with van der Waals surface area (Å²) in [5.41, 5.74) is 4.74. The summed E-state index contributed by atoms with van der Waals surface area (Å²) in [7, 11) is -3.52. The number of nitrogens with zero attached hydrogens (tertiary/aromatic N) is 2. The zero-order valence-corrected chi connectivity index (χ0v) is 23.6. The van der Waals surface area contributed by atoms with E-state index in [4.69, 9.17) is 0 Å². The smallest absolute Gasteiger partial charge is 0.242 e. The van der Waals surface area contributed by atoms with Gasteiger partial charge in [0, 0.05) is 25.6 Å². The lowest BCUT2D eigenvalue weighted by Crippen LogP contribution is -2.49. The fraction of sp³-hybridized carbons (Fsp3) is 0.517. The maximum absolute atomic E-state index is 13.5. The van der Waals surface area contributed by atoms with Gasteiger partial charge >= 0.3 is 0 Å². The van der Waals surface area contributed by atoms with E-state index in [1.165, 1.54) is 10.6 Å². The van der Waals surface area contributed by atoms with Crippen molar-refractivity contribution >= 4 is 27.5 Å². The summed E-state index contributed by atoms with van der Waals surface area (Å²) in [5, 5.41) is 3.12. The molecule has 0 aromatic heterocycles. The lowest BCUT2D eigenvalue weighted by Gasteiger charge is -2.30. The van der Waals surface area contributed by atoms with E-state index in [9.17, 15) is 18.0 Å². The van der Waals surface area contributed by atoms with Gasteiger partial charge in [0.1, 0.15) is 6.04 Å². The van der Waals surface area contributed by atoms with Crippen molar-refractivity contribution in [1.82, 2.24) is 10.2 Å². The quantitative estimate of drug-likeness (QED) is 0.461. The van der Waals surface area contributed by atoms with Gasteiger partial charge in [-0.1, -0.05) is 43.2 Å². The molecule has 0 saturated heterocycles. The number of hydrogen-bond donors (Lipinski definition) is 1. The second-order valence-corrected chi connectivity index (χ2v) is 12.2. The molecule has 0 unspecified atom stereocenters. The van der Waals surface area contributed by atoms with Gasteiger partial charge in [-0.15, -0.1) is 0 Å². The van der Waals surface area contributed by atoms with Crippen molar-refractivity contribution in [2.24, 2.45) is 0 Å². The van der Waals surface area contributed by atoms with E-state index in [2.05, 4.69) is 5.32 Å². The van der Waals surface area contributed by atoms with Crippen LogP contribution in [0, 0.1) is 20.8 Å². The zero-order valence-electron chi connectivity index (χ0n) is 22.8. The van der Waals surface area contributed by atoms with E-state index < -0.39 is 16.1 Å². The van der Waals surface area contributed by atoms with Crippen LogP contribution in [0.1, 0.15) is 67.7 Å². The number of amides is 2. The molecule has 1 atom stereocenters. The van der Waals surface area contributed by atoms with Crippen molar-refractivity contribution in [3.05, 3.63) is 64.7 Å². The van der Waals surface area contributed by atoms with E-state index >= 15 is 0 Å². The number of carbonyl (C=O) groups excluding carboxylic acids is 2. The summed E-state index contributed by atoms with van der Waals surface area (Å²) < 4.78 is 26.5. The lowest BCUT2D eigenvalue weighted by atomic mass is 10.1. The third kappa shape index (κ3) is 7.81. The van der Waals surface area contributed by atoms with Crippen molar-refractivity contribution in [3.63, 3.8) is 0 Å². The van der Waals surface area contributed by atoms with Crippen molar-refractivity contribution in [1.29, 1.82) is 0 Å². The van der Waals surface area contributed by atoms with Crippen LogP contribution in [0.3, 0.4) is 0 Å². The van der Waals surface area contributed by atoms with Crippen molar-refractivity contribution < 1.29 is 18.0 Å². The van der Waals surface area contributed by atoms with Crippen molar-refractivity contribution in [2.75, 3.05) is 17.1 Å². The van der Waals surface area contributed by atoms with E-state index in [0.717, 1.165) is 47.9 Å². The molecule has 202 valence electrons. The van der Waals surface area contributed by atoms with E-state index in [1.54, 1.807) is 17.9 Å². The fourth-order valence-corrected chi connectivity index (χ4v) is 5.79. The molecule has 2 aromatic carbocycles. The average Bonchev–Trinajstić information content (AvgIpc) is 3.35. The minimum absolute atomic E-state index is 0.137. The summed E-state index contributed by atoms with van der Waals surface area (Å²) in [4.78, 5) is 28.2. The first-order valence-corrected chi connectivity index (χ1v) is 15.0. The fourth-order valence-electron chi connectivity index (χ4n) is 4.83. The number of benzene rings is 2. The Morgan fingerprint density at radius 3 is 2.30 bits per heavy atom. The molecular weight excluding hydrogens is 486 g/mol. The third-order valence-corrected chi connectivity index (χ3v) is 8.60. The van der Waals surface area contributed by atoms with E-state index in [1.807, 2.05) is 57.2 Å². The Bertz CT molecular complexity index is 1210. The van der Waals surface area contributed by atoms with Crippen LogP contribution in [0.4, 0.5) is 5.69 Å². The highest BCUT2D eigenvalue weighted by Gasteiger charge is 2.29. The topological polar surface area (TPSA) is 86.8 Å². The molecule has 0 spiro atoms. The van der Waals surface area contributed by atoms with Gasteiger partial charge in [0.05, 0.1) is 11.9 Å². The molecule has 1 aliphatic rings. The van der Waals surface area contributed by atoms with Gasteiger partial charge in [-0.05, 0) is 81.3 Å². The van der Waals surface area contributed by atoms with Crippen LogP contribution >= 0.6 is 0 Å². The molecule has 3 rings (SSSR count). The molecule has 1 N–H and O–H groups in total. The zero-order chi connectivity index (χ0) is 27.2. The van der Waals surface area contributed by atoms with Crippen LogP contribution in [0.15, 0.2) is 42.5 Å². The number of hydrogen-bond acceptors (Lipinski definition) is 4. The number of carbonyl (C=O) groups is 2. The highest BCUT2D eigenvalue weighted by atomic mass is 32.2. The lowest BCUT2D eigenvalue weighted by molar-refractivity contribution is -0.141. The molecule has 0 heterocycles. The SMILES string of the molecule is Cc1ccc(N(CCCC(=O)N(Cc2ccccc2C)[C@@H](C)C(=O)NC2CCCC2)S(C)(=O)=O)cc1C. The molecule has 0 radical (unpaired) electrons. The Balaban J connectivity index is 1.73. The Morgan fingerprint density at radius 1 is 1.00 bits per heavy atom. The molecule has 8 heteroatoms. The van der Waals surface area contributed by atoms with Crippen molar-refractivity contribution in [3.8, 4) is 0 Å². The molecule has 2 aromatic rings. The number of nitrogens with one attached hydrogen (secondary N) is 1. The minimum Gasteiger partial charge on any atom is -0.352 e. The highest BCUT2D eigenvalue weighted by Crippen LogP contribution is 2.23. The molecule has 7 nitrogen and oxygen atoms in total. The predicted octanol–water partition coefficient (Wildman–Crippen LogP) is 4.63. The number of sulfonamides is 1. The first-order valence-electron chi connectivity index (χ1n) is 13.2. The Labute approximate surface area is 222 Å². The van der Waals surface area contributed by atoms with Crippen LogP contribution in [-0.4, -0.2) is 50.0 Å². The van der Waals surface area contributed by atoms with Gasteiger partial charge in [-0.2, -0.15) is 0 Å². The largest absolute Gasteiger partial charge is 0.352 e. The van der Waals surface area contributed by atoms with Crippen LogP contribution in [0.2, 0.25) is 0 Å². The summed E-state index contributed by atoms with van der Waals surface area (Å²) in [6.07, 6.45) is 5.85.